The van der Waals surface area contributed by atoms with Crippen molar-refractivity contribution in [1.29, 1.82) is 0 Å². The normalized spacial score (nSPS) is 13.1. The van der Waals surface area contributed by atoms with Gasteiger partial charge in [0, 0.05) is 5.75 Å². The van der Waals surface area contributed by atoms with Crippen LogP contribution in [0.25, 0.3) is 0 Å². The van der Waals surface area contributed by atoms with Crippen molar-refractivity contribution in [2.24, 2.45) is 0 Å². The molecule has 2 rings (SSSR count). The SMILES string of the molecule is C1=CSSC1.O.c1cnoc1. The second kappa shape index (κ2) is 7.71. The van der Waals surface area contributed by atoms with Gasteiger partial charge in [0.1, 0.15) is 6.26 Å². The summed E-state index contributed by atoms with van der Waals surface area (Å²) in [7, 11) is 3.69. The van der Waals surface area contributed by atoms with E-state index in [0.29, 0.717) is 0 Å². The van der Waals surface area contributed by atoms with Crippen LogP contribution in [-0.4, -0.2) is 16.4 Å². The fourth-order valence-electron chi connectivity index (χ4n) is 0.372. The highest BCUT2D eigenvalue weighted by atomic mass is 33.1. The summed E-state index contributed by atoms with van der Waals surface area (Å²) in [6, 6.07) is 1.72. The van der Waals surface area contributed by atoms with Gasteiger partial charge in [-0.05, 0) is 11.5 Å². The lowest BCUT2D eigenvalue weighted by Gasteiger charge is -1.69. The maximum atomic E-state index is 4.33. The molecule has 0 saturated carbocycles. The third-order valence-corrected chi connectivity index (χ3v) is 2.65. The zero-order valence-corrected chi connectivity index (χ0v) is 7.40. The molecule has 1 aromatic rings. The molecule has 2 heterocycles. The first-order valence-corrected chi connectivity index (χ1v) is 5.16. The lowest BCUT2D eigenvalue weighted by Crippen LogP contribution is -1.46. The third kappa shape index (κ3) is 6.03. The van der Waals surface area contributed by atoms with Crippen molar-refractivity contribution in [3.05, 3.63) is 30.0 Å². The van der Waals surface area contributed by atoms with Gasteiger partial charge in [0.15, 0.2) is 0 Å². The molecule has 0 atom stereocenters. The summed E-state index contributed by atoms with van der Waals surface area (Å²) >= 11 is 0. The molecule has 0 radical (unpaired) electrons. The molecule has 1 aliphatic heterocycles. The quantitative estimate of drug-likeness (QED) is 0.586. The summed E-state index contributed by atoms with van der Waals surface area (Å²) in [6.07, 6.45) is 5.26. The Labute approximate surface area is 72.9 Å². The molecule has 62 valence electrons. The van der Waals surface area contributed by atoms with E-state index in [1.54, 1.807) is 12.3 Å². The standard InChI is InChI=1S/C3H3NO.C3H4S2.H2O/c2*1-2-4-5-3-1;/h1-3H;1-2H,3H2;1H2. The fourth-order valence-corrected chi connectivity index (χ4v) is 1.94. The Hall–Kier alpha value is -0.390. The van der Waals surface area contributed by atoms with Crippen LogP contribution in [0.3, 0.4) is 0 Å². The minimum atomic E-state index is 0. The van der Waals surface area contributed by atoms with E-state index in [4.69, 9.17) is 0 Å². The van der Waals surface area contributed by atoms with Crippen molar-refractivity contribution < 1.29 is 10.00 Å². The predicted octanol–water partition coefficient (Wildman–Crippen LogP) is 1.74. The average Bonchev–Trinajstić information content (AvgIpc) is 2.67. The summed E-state index contributed by atoms with van der Waals surface area (Å²) in [5, 5.41) is 5.46. The summed E-state index contributed by atoms with van der Waals surface area (Å²) in [6.45, 7) is 0. The van der Waals surface area contributed by atoms with Crippen LogP contribution in [0.5, 0.6) is 0 Å². The molecule has 0 aliphatic carbocycles. The maximum Gasteiger partial charge on any atom is 0.123 e. The van der Waals surface area contributed by atoms with Gasteiger partial charge in [-0.15, -0.1) is 0 Å². The Bertz CT molecular complexity index is 153. The molecule has 0 amide bonds. The second-order valence-electron chi connectivity index (χ2n) is 1.44. The highest BCUT2D eigenvalue weighted by Crippen LogP contribution is 2.27. The van der Waals surface area contributed by atoms with Gasteiger partial charge in [0.2, 0.25) is 0 Å². The summed E-state index contributed by atoms with van der Waals surface area (Å²) in [5.74, 6) is 1.20. The number of rotatable bonds is 0. The molecule has 2 N–H and O–H groups in total. The molecule has 0 unspecified atom stereocenters. The zero-order chi connectivity index (χ0) is 7.07. The van der Waals surface area contributed by atoms with E-state index in [0.717, 1.165) is 0 Å². The van der Waals surface area contributed by atoms with Gasteiger partial charge in [-0.2, -0.15) is 0 Å². The van der Waals surface area contributed by atoms with Crippen LogP contribution in [0.1, 0.15) is 0 Å². The lowest BCUT2D eigenvalue weighted by molar-refractivity contribution is 0.420. The number of aromatic nitrogens is 1. The first-order chi connectivity index (χ1) is 5.00. The molecule has 1 aromatic heterocycles. The molecular weight excluding hydrogens is 182 g/mol. The molecule has 5 heteroatoms. The van der Waals surface area contributed by atoms with E-state index >= 15 is 0 Å². The predicted molar refractivity (Wildman–Crippen MR) is 49.3 cm³/mol. The van der Waals surface area contributed by atoms with E-state index in [1.807, 2.05) is 21.6 Å². The van der Waals surface area contributed by atoms with Crippen molar-refractivity contribution in [2.75, 3.05) is 5.75 Å². The largest absolute Gasteiger partial charge is 0.412 e. The van der Waals surface area contributed by atoms with Crippen molar-refractivity contribution in [3.8, 4) is 0 Å². The van der Waals surface area contributed by atoms with Crippen LogP contribution in [0, 0.1) is 0 Å². The van der Waals surface area contributed by atoms with Gasteiger partial charge in [0.25, 0.3) is 0 Å². The van der Waals surface area contributed by atoms with Gasteiger partial charge < -0.3 is 10.00 Å². The van der Waals surface area contributed by atoms with Crippen LogP contribution in [0.2, 0.25) is 0 Å². The number of nitrogens with zero attached hydrogens (tertiary/aromatic N) is 1. The molecule has 0 fully saturated rings. The Morgan fingerprint density at radius 1 is 1.45 bits per heavy atom. The summed E-state index contributed by atoms with van der Waals surface area (Å²) in [4.78, 5) is 0. The van der Waals surface area contributed by atoms with E-state index < -0.39 is 0 Å². The van der Waals surface area contributed by atoms with E-state index in [2.05, 4.69) is 21.2 Å². The van der Waals surface area contributed by atoms with Gasteiger partial charge in [-0.3, -0.25) is 0 Å². The molecule has 0 aromatic carbocycles. The minimum Gasteiger partial charge on any atom is -0.412 e. The van der Waals surface area contributed by atoms with Crippen molar-refractivity contribution in [2.45, 2.75) is 0 Å². The minimum absolute atomic E-state index is 0. The van der Waals surface area contributed by atoms with Crippen LogP contribution >= 0.6 is 21.6 Å². The van der Waals surface area contributed by atoms with Gasteiger partial charge in [-0.1, -0.05) is 32.8 Å². The number of hydrogen-bond donors (Lipinski definition) is 0. The third-order valence-electron chi connectivity index (χ3n) is 0.731. The maximum absolute atomic E-state index is 4.33. The van der Waals surface area contributed by atoms with E-state index in [-0.39, 0.29) is 5.48 Å². The van der Waals surface area contributed by atoms with Crippen LogP contribution < -0.4 is 0 Å². The summed E-state index contributed by atoms with van der Waals surface area (Å²) < 4.78 is 4.33. The van der Waals surface area contributed by atoms with Gasteiger partial charge in [0.05, 0.1) is 6.20 Å². The van der Waals surface area contributed by atoms with E-state index in [1.165, 1.54) is 12.0 Å². The first-order valence-electron chi connectivity index (χ1n) is 2.78. The highest BCUT2D eigenvalue weighted by molar-refractivity contribution is 8.78. The fraction of sp³-hybridized carbons (Fsp3) is 0.167. The Morgan fingerprint density at radius 3 is 2.55 bits per heavy atom. The van der Waals surface area contributed by atoms with Crippen LogP contribution in [0.4, 0.5) is 0 Å². The summed E-state index contributed by atoms with van der Waals surface area (Å²) in [5.41, 5.74) is 0. The molecular formula is C6H9NO2S2. The first kappa shape index (κ1) is 10.6. The van der Waals surface area contributed by atoms with Crippen LogP contribution in [0.15, 0.2) is 34.5 Å². The van der Waals surface area contributed by atoms with Gasteiger partial charge >= 0.3 is 0 Å². The highest BCUT2D eigenvalue weighted by Gasteiger charge is 1.85. The molecule has 3 nitrogen and oxygen atoms in total. The van der Waals surface area contributed by atoms with Crippen molar-refractivity contribution >= 4 is 21.6 Å². The van der Waals surface area contributed by atoms with E-state index in [9.17, 15) is 0 Å². The molecule has 11 heavy (non-hydrogen) atoms. The number of hydrogen-bond acceptors (Lipinski definition) is 4. The molecule has 1 aliphatic rings. The molecule has 0 spiro atoms. The van der Waals surface area contributed by atoms with Gasteiger partial charge in [-0.25, -0.2) is 0 Å². The Morgan fingerprint density at radius 2 is 2.36 bits per heavy atom. The molecule has 0 saturated heterocycles. The Balaban J connectivity index is 0.000000167. The smallest absolute Gasteiger partial charge is 0.123 e. The monoisotopic (exact) mass is 191 g/mol. The average molecular weight is 191 g/mol. The topological polar surface area (TPSA) is 57.5 Å². The Kier molecular flexibility index (Phi) is 7.44. The van der Waals surface area contributed by atoms with Crippen molar-refractivity contribution in [1.82, 2.24) is 5.16 Å². The lowest BCUT2D eigenvalue weighted by atomic mass is 10.8. The molecule has 0 bridgehead atoms. The zero-order valence-electron chi connectivity index (χ0n) is 5.77. The van der Waals surface area contributed by atoms with Crippen LogP contribution in [-0.2, 0) is 0 Å². The van der Waals surface area contributed by atoms with Crippen molar-refractivity contribution in [3.63, 3.8) is 0 Å². The second-order valence-corrected chi connectivity index (χ2v) is 3.76.